The number of hydrogen-bond acceptors (Lipinski definition) is 3. The predicted octanol–water partition coefficient (Wildman–Crippen LogP) is 2.23. The number of hydrogen-bond donors (Lipinski definition) is 1. The lowest BCUT2D eigenvalue weighted by molar-refractivity contribution is 0.574. The molecule has 2 N–H and O–H groups in total. The molecular formula is C12H14N2O. The number of benzene rings is 1. The highest BCUT2D eigenvalue weighted by atomic mass is 16.3. The van der Waals surface area contributed by atoms with Crippen LogP contribution in [-0.2, 0) is 6.42 Å². The summed E-state index contributed by atoms with van der Waals surface area (Å²) in [6.45, 7) is 2.00. The molecule has 3 nitrogen and oxygen atoms in total. The first-order chi connectivity index (χ1) is 7.25. The van der Waals surface area contributed by atoms with E-state index in [0.29, 0.717) is 5.89 Å². The molecule has 0 aliphatic rings. The lowest BCUT2D eigenvalue weighted by atomic mass is 10.1. The van der Waals surface area contributed by atoms with Crippen molar-refractivity contribution in [3.8, 4) is 11.5 Å². The van der Waals surface area contributed by atoms with Crippen LogP contribution in [0.4, 0.5) is 0 Å². The summed E-state index contributed by atoms with van der Waals surface area (Å²) in [5.41, 5.74) is 7.96. The van der Waals surface area contributed by atoms with Crippen molar-refractivity contribution in [2.75, 3.05) is 0 Å². The highest BCUT2D eigenvalue weighted by molar-refractivity contribution is 5.53. The maximum Gasteiger partial charge on any atom is 0.225 e. The van der Waals surface area contributed by atoms with Crippen LogP contribution >= 0.6 is 0 Å². The van der Waals surface area contributed by atoms with Gasteiger partial charge in [-0.1, -0.05) is 12.1 Å². The fraction of sp³-hybridized carbons (Fsp3) is 0.250. The molecule has 78 valence electrons. The SMILES string of the molecule is CC(N)Cc1ccc(-c2ncco2)cc1. The largest absolute Gasteiger partial charge is 0.445 e. The summed E-state index contributed by atoms with van der Waals surface area (Å²) in [7, 11) is 0. The van der Waals surface area contributed by atoms with E-state index in [-0.39, 0.29) is 6.04 Å². The zero-order valence-electron chi connectivity index (χ0n) is 8.68. The van der Waals surface area contributed by atoms with Crippen LogP contribution in [0.2, 0.25) is 0 Å². The third kappa shape index (κ3) is 2.44. The minimum absolute atomic E-state index is 0.192. The van der Waals surface area contributed by atoms with Crippen LogP contribution < -0.4 is 5.73 Å². The minimum atomic E-state index is 0.192. The molecule has 1 unspecified atom stereocenters. The molecule has 15 heavy (non-hydrogen) atoms. The summed E-state index contributed by atoms with van der Waals surface area (Å²) in [6.07, 6.45) is 4.11. The lowest BCUT2D eigenvalue weighted by Crippen LogP contribution is -2.17. The Bertz CT molecular complexity index is 404. The molecule has 0 saturated heterocycles. The molecular weight excluding hydrogens is 188 g/mol. The van der Waals surface area contributed by atoms with Gasteiger partial charge in [-0.3, -0.25) is 0 Å². The summed E-state index contributed by atoms with van der Waals surface area (Å²) in [4.78, 5) is 4.09. The third-order valence-electron chi connectivity index (χ3n) is 2.19. The van der Waals surface area contributed by atoms with Crippen molar-refractivity contribution in [2.24, 2.45) is 5.73 Å². The molecule has 1 atom stereocenters. The quantitative estimate of drug-likeness (QED) is 0.830. The first-order valence-corrected chi connectivity index (χ1v) is 5.00. The second-order valence-corrected chi connectivity index (χ2v) is 3.72. The molecule has 1 aromatic heterocycles. The van der Waals surface area contributed by atoms with Gasteiger partial charge in [-0.15, -0.1) is 0 Å². The lowest BCUT2D eigenvalue weighted by Gasteiger charge is -2.05. The van der Waals surface area contributed by atoms with Gasteiger partial charge < -0.3 is 10.2 Å². The van der Waals surface area contributed by atoms with Crippen LogP contribution in [0.25, 0.3) is 11.5 Å². The van der Waals surface area contributed by atoms with E-state index < -0.39 is 0 Å². The monoisotopic (exact) mass is 202 g/mol. The van der Waals surface area contributed by atoms with Gasteiger partial charge in [0.15, 0.2) is 0 Å². The Kier molecular flexibility index (Phi) is 2.83. The molecule has 0 amide bonds. The second-order valence-electron chi connectivity index (χ2n) is 3.72. The van der Waals surface area contributed by atoms with Gasteiger partial charge in [-0.05, 0) is 31.0 Å². The first kappa shape index (κ1) is 9.93. The molecule has 0 spiro atoms. The Morgan fingerprint density at radius 1 is 1.33 bits per heavy atom. The minimum Gasteiger partial charge on any atom is -0.445 e. The molecule has 3 heteroatoms. The van der Waals surface area contributed by atoms with Crippen molar-refractivity contribution in [2.45, 2.75) is 19.4 Å². The maximum absolute atomic E-state index is 5.73. The van der Waals surface area contributed by atoms with Gasteiger partial charge in [0.05, 0.1) is 6.20 Å². The number of aromatic nitrogens is 1. The number of nitrogens with two attached hydrogens (primary N) is 1. The summed E-state index contributed by atoms with van der Waals surface area (Å²) in [5, 5.41) is 0. The molecule has 0 radical (unpaired) electrons. The molecule has 0 fully saturated rings. The van der Waals surface area contributed by atoms with E-state index in [1.807, 2.05) is 19.1 Å². The Balaban J connectivity index is 2.17. The van der Waals surface area contributed by atoms with Gasteiger partial charge in [-0.25, -0.2) is 4.98 Å². The second kappa shape index (κ2) is 4.28. The molecule has 0 bridgehead atoms. The Morgan fingerprint density at radius 2 is 2.07 bits per heavy atom. The standard InChI is InChI=1S/C12H14N2O/c1-9(13)8-10-2-4-11(5-3-10)12-14-6-7-15-12/h2-7,9H,8,13H2,1H3. The molecule has 2 aromatic rings. The average molecular weight is 202 g/mol. The normalized spacial score (nSPS) is 12.7. The first-order valence-electron chi connectivity index (χ1n) is 5.00. The van der Waals surface area contributed by atoms with Crippen LogP contribution in [0.15, 0.2) is 41.1 Å². The topological polar surface area (TPSA) is 52.0 Å². The highest BCUT2D eigenvalue weighted by Gasteiger charge is 2.02. The van der Waals surface area contributed by atoms with Crippen molar-refractivity contribution in [3.05, 3.63) is 42.3 Å². The smallest absolute Gasteiger partial charge is 0.225 e. The van der Waals surface area contributed by atoms with Crippen LogP contribution in [0.3, 0.4) is 0 Å². The van der Waals surface area contributed by atoms with E-state index >= 15 is 0 Å². The van der Waals surface area contributed by atoms with E-state index in [0.717, 1.165) is 12.0 Å². The highest BCUT2D eigenvalue weighted by Crippen LogP contribution is 2.17. The summed E-state index contributed by atoms with van der Waals surface area (Å²) >= 11 is 0. The molecule has 1 heterocycles. The van der Waals surface area contributed by atoms with Gasteiger partial charge in [0.25, 0.3) is 0 Å². The third-order valence-corrected chi connectivity index (χ3v) is 2.19. The fourth-order valence-electron chi connectivity index (χ4n) is 1.52. The van der Waals surface area contributed by atoms with Gasteiger partial charge in [0, 0.05) is 11.6 Å². The van der Waals surface area contributed by atoms with Crippen LogP contribution in [0.1, 0.15) is 12.5 Å². The van der Waals surface area contributed by atoms with Gasteiger partial charge in [-0.2, -0.15) is 0 Å². The number of nitrogens with zero attached hydrogens (tertiary/aromatic N) is 1. The zero-order chi connectivity index (χ0) is 10.7. The van der Waals surface area contributed by atoms with Gasteiger partial charge >= 0.3 is 0 Å². The Labute approximate surface area is 88.9 Å². The fourth-order valence-corrected chi connectivity index (χ4v) is 1.52. The van der Waals surface area contributed by atoms with E-state index in [9.17, 15) is 0 Å². The maximum atomic E-state index is 5.73. The van der Waals surface area contributed by atoms with Crippen molar-refractivity contribution in [1.29, 1.82) is 0 Å². The Hall–Kier alpha value is -1.61. The van der Waals surface area contributed by atoms with E-state index in [1.54, 1.807) is 12.5 Å². The number of rotatable bonds is 3. The van der Waals surface area contributed by atoms with E-state index in [2.05, 4.69) is 17.1 Å². The van der Waals surface area contributed by atoms with Crippen molar-refractivity contribution >= 4 is 0 Å². The Morgan fingerprint density at radius 3 is 2.60 bits per heavy atom. The molecule has 0 saturated carbocycles. The van der Waals surface area contributed by atoms with Crippen LogP contribution in [0, 0.1) is 0 Å². The summed E-state index contributed by atoms with van der Waals surface area (Å²) in [5.74, 6) is 0.655. The van der Waals surface area contributed by atoms with Crippen LogP contribution in [0.5, 0.6) is 0 Å². The average Bonchev–Trinajstić information content (AvgIpc) is 2.71. The number of oxazole rings is 1. The molecule has 0 aliphatic carbocycles. The van der Waals surface area contributed by atoms with Gasteiger partial charge in [0.1, 0.15) is 6.26 Å². The van der Waals surface area contributed by atoms with Crippen molar-refractivity contribution in [3.63, 3.8) is 0 Å². The zero-order valence-corrected chi connectivity index (χ0v) is 8.68. The summed E-state index contributed by atoms with van der Waals surface area (Å²) < 4.78 is 5.20. The molecule has 2 rings (SSSR count). The molecule has 1 aromatic carbocycles. The van der Waals surface area contributed by atoms with Crippen LogP contribution in [-0.4, -0.2) is 11.0 Å². The van der Waals surface area contributed by atoms with Gasteiger partial charge in [0.2, 0.25) is 5.89 Å². The predicted molar refractivity (Wildman–Crippen MR) is 59.3 cm³/mol. The summed E-state index contributed by atoms with van der Waals surface area (Å²) in [6, 6.07) is 8.32. The molecule has 0 aliphatic heterocycles. The van der Waals surface area contributed by atoms with Crippen molar-refractivity contribution < 1.29 is 4.42 Å². The van der Waals surface area contributed by atoms with E-state index in [4.69, 9.17) is 10.2 Å². The van der Waals surface area contributed by atoms with Crippen molar-refractivity contribution in [1.82, 2.24) is 4.98 Å². The van der Waals surface area contributed by atoms with E-state index in [1.165, 1.54) is 5.56 Å².